The van der Waals surface area contributed by atoms with Gasteiger partial charge >= 0.3 is 0 Å². The van der Waals surface area contributed by atoms with Crippen molar-refractivity contribution in [2.24, 2.45) is 0 Å². The Hall–Kier alpha value is -2.14. The van der Waals surface area contributed by atoms with Crippen molar-refractivity contribution < 1.29 is 0 Å². The zero-order valence-electron chi connectivity index (χ0n) is 12.2. The highest BCUT2D eigenvalue weighted by Crippen LogP contribution is 2.28. The van der Waals surface area contributed by atoms with Crippen LogP contribution in [-0.4, -0.2) is 21.3 Å². The predicted molar refractivity (Wildman–Crippen MR) is 88.2 cm³/mol. The third kappa shape index (κ3) is 2.83. The number of thiazole rings is 1. The SMILES string of the molecule is CCCNc1nc(-c2cnn(-c3ccccc3)c2C)cs1. The normalized spacial score (nSPS) is 10.8. The Morgan fingerprint density at radius 1 is 1.24 bits per heavy atom. The van der Waals surface area contributed by atoms with E-state index in [1.807, 2.05) is 29.1 Å². The van der Waals surface area contributed by atoms with Gasteiger partial charge in [0.15, 0.2) is 5.13 Å². The third-order valence-corrected chi connectivity index (χ3v) is 4.12. The van der Waals surface area contributed by atoms with Crippen LogP contribution in [-0.2, 0) is 0 Å². The van der Waals surface area contributed by atoms with Gasteiger partial charge in [0.1, 0.15) is 0 Å². The van der Waals surface area contributed by atoms with Crippen LogP contribution in [0.1, 0.15) is 19.0 Å². The van der Waals surface area contributed by atoms with Gasteiger partial charge in [-0.2, -0.15) is 5.10 Å². The molecule has 3 aromatic rings. The van der Waals surface area contributed by atoms with Crippen molar-refractivity contribution in [2.45, 2.75) is 20.3 Å². The minimum Gasteiger partial charge on any atom is -0.362 e. The molecule has 5 heteroatoms. The monoisotopic (exact) mass is 298 g/mol. The lowest BCUT2D eigenvalue weighted by atomic mass is 10.2. The van der Waals surface area contributed by atoms with E-state index in [9.17, 15) is 0 Å². The van der Waals surface area contributed by atoms with Crippen molar-refractivity contribution in [2.75, 3.05) is 11.9 Å². The smallest absolute Gasteiger partial charge is 0.183 e. The first-order valence-electron chi connectivity index (χ1n) is 7.09. The van der Waals surface area contributed by atoms with Crippen LogP contribution in [0.25, 0.3) is 16.9 Å². The fourth-order valence-electron chi connectivity index (χ4n) is 2.20. The Kier molecular flexibility index (Phi) is 4.01. The van der Waals surface area contributed by atoms with Crippen LogP contribution in [0.4, 0.5) is 5.13 Å². The molecular formula is C16H18N4S. The molecule has 2 heterocycles. The number of anilines is 1. The molecule has 0 aliphatic carbocycles. The summed E-state index contributed by atoms with van der Waals surface area (Å²) in [5, 5.41) is 10.9. The zero-order valence-corrected chi connectivity index (χ0v) is 13.0. The summed E-state index contributed by atoms with van der Waals surface area (Å²) in [6.45, 7) is 5.18. The maximum absolute atomic E-state index is 4.64. The molecule has 0 amide bonds. The molecule has 108 valence electrons. The summed E-state index contributed by atoms with van der Waals surface area (Å²) in [5.41, 5.74) is 4.24. The molecule has 0 atom stereocenters. The Morgan fingerprint density at radius 2 is 2.05 bits per heavy atom. The van der Waals surface area contributed by atoms with Gasteiger partial charge < -0.3 is 5.32 Å². The first kappa shape index (κ1) is 13.8. The number of para-hydroxylation sites is 1. The van der Waals surface area contributed by atoms with Gasteiger partial charge in [-0.3, -0.25) is 0 Å². The number of benzene rings is 1. The van der Waals surface area contributed by atoms with Gasteiger partial charge in [-0.25, -0.2) is 9.67 Å². The molecule has 4 nitrogen and oxygen atoms in total. The molecule has 1 N–H and O–H groups in total. The largest absolute Gasteiger partial charge is 0.362 e. The van der Waals surface area contributed by atoms with Gasteiger partial charge in [0, 0.05) is 17.5 Å². The maximum atomic E-state index is 4.64. The second-order valence-electron chi connectivity index (χ2n) is 4.86. The number of hydrogen-bond donors (Lipinski definition) is 1. The molecule has 0 radical (unpaired) electrons. The van der Waals surface area contributed by atoms with Crippen LogP contribution in [0.3, 0.4) is 0 Å². The van der Waals surface area contributed by atoms with Crippen molar-refractivity contribution >= 4 is 16.5 Å². The molecule has 0 saturated heterocycles. The van der Waals surface area contributed by atoms with E-state index in [2.05, 4.69) is 46.8 Å². The Balaban J connectivity index is 1.90. The molecule has 21 heavy (non-hydrogen) atoms. The van der Waals surface area contributed by atoms with Gasteiger partial charge in [-0.1, -0.05) is 25.1 Å². The van der Waals surface area contributed by atoms with E-state index in [1.165, 1.54) is 0 Å². The molecule has 1 aromatic carbocycles. The first-order valence-corrected chi connectivity index (χ1v) is 7.97. The van der Waals surface area contributed by atoms with Gasteiger partial charge in [0.2, 0.25) is 0 Å². The number of rotatable bonds is 5. The quantitative estimate of drug-likeness (QED) is 0.770. The van der Waals surface area contributed by atoms with Crippen LogP contribution >= 0.6 is 11.3 Å². The molecule has 0 aliphatic heterocycles. The summed E-state index contributed by atoms with van der Waals surface area (Å²) >= 11 is 1.64. The molecule has 0 aliphatic rings. The van der Waals surface area contributed by atoms with Gasteiger partial charge in [0.25, 0.3) is 0 Å². The summed E-state index contributed by atoms with van der Waals surface area (Å²) in [4.78, 5) is 4.64. The van der Waals surface area contributed by atoms with Crippen molar-refractivity contribution in [3.05, 3.63) is 47.6 Å². The molecule has 3 rings (SSSR count). The fourth-order valence-corrected chi connectivity index (χ4v) is 2.94. The predicted octanol–water partition coefficient (Wildman–Crippen LogP) is 4.13. The fraction of sp³-hybridized carbons (Fsp3) is 0.250. The second-order valence-corrected chi connectivity index (χ2v) is 5.71. The highest BCUT2D eigenvalue weighted by molar-refractivity contribution is 7.14. The molecular weight excluding hydrogens is 280 g/mol. The summed E-state index contributed by atoms with van der Waals surface area (Å²) in [6, 6.07) is 10.2. The molecule has 0 bridgehead atoms. The number of nitrogens with one attached hydrogen (secondary N) is 1. The van der Waals surface area contributed by atoms with Crippen LogP contribution in [0, 0.1) is 6.92 Å². The van der Waals surface area contributed by atoms with E-state index >= 15 is 0 Å². The number of aromatic nitrogens is 3. The zero-order chi connectivity index (χ0) is 14.7. The van der Waals surface area contributed by atoms with Crippen LogP contribution in [0.5, 0.6) is 0 Å². The van der Waals surface area contributed by atoms with E-state index in [1.54, 1.807) is 11.3 Å². The summed E-state index contributed by atoms with van der Waals surface area (Å²) < 4.78 is 1.95. The average molecular weight is 298 g/mol. The van der Waals surface area contributed by atoms with E-state index in [0.717, 1.165) is 40.7 Å². The van der Waals surface area contributed by atoms with Crippen molar-refractivity contribution in [1.29, 1.82) is 0 Å². The minimum absolute atomic E-state index is 0.954. The Labute approximate surface area is 128 Å². The highest BCUT2D eigenvalue weighted by atomic mass is 32.1. The Bertz CT molecular complexity index is 715. The summed E-state index contributed by atoms with van der Waals surface area (Å²) in [6.07, 6.45) is 2.99. The lowest BCUT2D eigenvalue weighted by molar-refractivity contribution is 0.847. The summed E-state index contributed by atoms with van der Waals surface area (Å²) in [7, 11) is 0. The molecule has 0 spiro atoms. The van der Waals surface area contributed by atoms with E-state index in [0.29, 0.717) is 0 Å². The topological polar surface area (TPSA) is 42.7 Å². The minimum atomic E-state index is 0.954. The van der Waals surface area contributed by atoms with Gasteiger partial charge in [-0.05, 0) is 25.5 Å². The number of hydrogen-bond acceptors (Lipinski definition) is 4. The van der Waals surface area contributed by atoms with Crippen LogP contribution in [0.15, 0.2) is 41.9 Å². The highest BCUT2D eigenvalue weighted by Gasteiger charge is 2.12. The van der Waals surface area contributed by atoms with E-state index in [4.69, 9.17) is 0 Å². The van der Waals surface area contributed by atoms with Gasteiger partial charge in [-0.15, -0.1) is 11.3 Å². The van der Waals surface area contributed by atoms with Crippen molar-refractivity contribution in [1.82, 2.24) is 14.8 Å². The number of nitrogens with zero attached hydrogens (tertiary/aromatic N) is 3. The second kappa shape index (κ2) is 6.10. The molecule has 0 unspecified atom stereocenters. The standard InChI is InChI=1S/C16H18N4S/c1-3-9-17-16-19-15(11-21-16)14-10-18-20(12(14)2)13-7-5-4-6-8-13/h4-8,10-11H,3,9H2,1-2H3,(H,17,19). The van der Waals surface area contributed by atoms with E-state index in [-0.39, 0.29) is 0 Å². The summed E-state index contributed by atoms with van der Waals surface area (Å²) in [5.74, 6) is 0. The lowest BCUT2D eigenvalue weighted by Crippen LogP contribution is -1.99. The lowest BCUT2D eigenvalue weighted by Gasteiger charge is -2.04. The van der Waals surface area contributed by atoms with Crippen LogP contribution in [0.2, 0.25) is 0 Å². The van der Waals surface area contributed by atoms with E-state index < -0.39 is 0 Å². The van der Waals surface area contributed by atoms with Gasteiger partial charge in [0.05, 0.1) is 23.3 Å². The average Bonchev–Trinajstić information content (AvgIpc) is 3.12. The molecule has 2 aromatic heterocycles. The molecule has 0 fully saturated rings. The van der Waals surface area contributed by atoms with Crippen molar-refractivity contribution in [3.63, 3.8) is 0 Å². The maximum Gasteiger partial charge on any atom is 0.183 e. The Morgan fingerprint density at radius 3 is 2.81 bits per heavy atom. The van der Waals surface area contributed by atoms with Crippen molar-refractivity contribution in [3.8, 4) is 16.9 Å². The third-order valence-electron chi connectivity index (χ3n) is 3.32. The first-order chi connectivity index (χ1) is 10.3. The molecule has 0 saturated carbocycles. The van der Waals surface area contributed by atoms with Crippen LogP contribution < -0.4 is 5.32 Å².